The summed E-state index contributed by atoms with van der Waals surface area (Å²) in [7, 11) is 0. The molecular weight excluding hydrogens is 182 g/mol. The minimum Gasteiger partial charge on any atom is -0.310 e. The van der Waals surface area contributed by atoms with E-state index in [4.69, 9.17) is 11.6 Å². The van der Waals surface area contributed by atoms with Crippen molar-refractivity contribution in [3.63, 3.8) is 0 Å². The number of hydrogen-bond donors (Lipinski definition) is 1. The lowest BCUT2D eigenvalue weighted by Crippen LogP contribution is -2.39. The first-order chi connectivity index (χ1) is 6.38. The first-order valence-corrected chi connectivity index (χ1v) is 5.82. The molecule has 0 bridgehead atoms. The van der Waals surface area contributed by atoms with E-state index in [1.54, 1.807) is 0 Å². The van der Waals surface area contributed by atoms with Gasteiger partial charge in [0, 0.05) is 18.5 Å². The molecule has 0 spiro atoms. The fourth-order valence-corrected chi connectivity index (χ4v) is 2.37. The molecule has 1 aliphatic carbocycles. The lowest BCUT2D eigenvalue weighted by Gasteiger charge is -2.30. The number of nitrogens with one attached hydrogen (secondary N) is 1. The SMILES string of the molecule is C/C=C/CNC1CCCCC1CCl. The summed E-state index contributed by atoms with van der Waals surface area (Å²) in [5, 5.41) is 3.55. The van der Waals surface area contributed by atoms with E-state index in [-0.39, 0.29) is 0 Å². The van der Waals surface area contributed by atoms with Crippen LogP contribution in [0.25, 0.3) is 0 Å². The van der Waals surface area contributed by atoms with Gasteiger partial charge in [-0.3, -0.25) is 0 Å². The lowest BCUT2D eigenvalue weighted by molar-refractivity contribution is 0.291. The van der Waals surface area contributed by atoms with Crippen LogP contribution in [0.2, 0.25) is 0 Å². The maximum Gasteiger partial charge on any atom is 0.0266 e. The largest absolute Gasteiger partial charge is 0.310 e. The van der Waals surface area contributed by atoms with Gasteiger partial charge in [0.25, 0.3) is 0 Å². The first-order valence-electron chi connectivity index (χ1n) is 5.29. The molecule has 1 N–H and O–H groups in total. The molecule has 0 radical (unpaired) electrons. The monoisotopic (exact) mass is 201 g/mol. The molecular formula is C11H20ClN. The summed E-state index contributed by atoms with van der Waals surface area (Å²) in [5.41, 5.74) is 0. The molecule has 0 aliphatic heterocycles. The molecule has 2 atom stereocenters. The molecule has 0 aromatic carbocycles. The molecule has 2 heteroatoms. The average Bonchev–Trinajstić information content (AvgIpc) is 2.19. The van der Waals surface area contributed by atoms with Crippen LogP contribution < -0.4 is 5.32 Å². The van der Waals surface area contributed by atoms with E-state index in [0.717, 1.165) is 12.4 Å². The molecule has 1 aliphatic rings. The third-order valence-corrected chi connectivity index (χ3v) is 3.24. The lowest BCUT2D eigenvalue weighted by atomic mass is 9.86. The van der Waals surface area contributed by atoms with Crippen LogP contribution in [0.1, 0.15) is 32.6 Å². The van der Waals surface area contributed by atoms with Crippen LogP contribution in [0, 0.1) is 5.92 Å². The van der Waals surface area contributed by atoms with Crippen molar-refractivity contribution in [1.29, 1.82) is 0 Å². The Morgan fingerprint density at radius 2 is 2.15 bits per heavy atom. The fourth-order valence-electron chi connectivity index (χ4n) is 2.00. The van der Waals surface area contributed by atoms with Crippen molar-refractivity contribution in [3.8, 4) is 0 Å². The van der Waals surface area contributed by atoms with Crippen LogP contribution in [0.3, 0.4) is 0 Å². The van der Waals surface area contributed by atoms with E-state index in [1.165, 1.54) is 25.7 Å². The second-order valence-electron chi connectivity index (χ2n) is 3.78. The fraction of sp³-hybridized carbons (Fsp3) is 0.818. The van der Waals surface area contributed by atoms with E-state index in [1.807, 2.05) is 0 Å². The molecule has 2 unspecified atom stereocenters. The zero-order valence-electron chi connectivity index (χ0n) is 8.43. The van der Waals surface area contributed by atoms with E-state index in [0.29, 0.717) is 12.0 Å². The van der Waals surface area contributed by atoms with Gasteiger partial charge in [-0.15, -0.1) is 11.6 Å². The summed E-state index contributed by atoms with van der Waals surface area (Å²) < 4.78 is 0. The van der Waals surface area contributed by atoms with Gasteiger partial charge in [0.15, 0.2) is 0 Å². The van der Waals surface area contributed by atoms with Gasteiger partial charge in [-0.25, -0.2) is 0 Å². The third-order valence-electron chi connectivity index (χ3n) is 2.84. The van der Waals surface area contributed by atoms with Gasteiger partial charge >= 0.3 is 0 Å². The number of allylic oxidation sites excluding steroid dienone is 1. The van der Waals surface area contributed by atoms with Crippen molar-refractivity contribution in [1.82, 2.24) is 5.32 Å². The number of halogens is 1. The molecule has 76 valence electrons. The highest BCUT2D eigenvalue weighted by molar-refractivity contribution is 6.18. The molecule has 1 saturated carbocycles. The topological polar surface area (TPSA) is 12.0 Å². The molecule has 13 heavy (non-hydrogen) atoms. The number of alkyl halides is 1. The van der Waals surface area contributed by atoms with E-state index in [2.05, 4.69) is 24.4 Å². The Morgan fingerprint density at radius 3 is 2.85 bits per heavy atom. The Labute approximate surface area is 86.5 Å². The van der Waals surface area contributed by atoms with Gasteiger partial charge in [-0.1, -0.05) is 25.0 Å². The van der Waals surface area contributed by atoms with Crippen molar-refractivity contribution in [3.05, 3.63) is 12.2 Å². The highest BCUT2D eigenvalue weighted by Gasteiger charge is 2.22. The molecule has 0 saturated heterocycles. The minimum absolute atomic E-state index is 0.655. The summed E-state index contributed by atoms with van der Waals surface area (Å²) in [6.45, 7) is 3.05. The van der Waals surface area contributed by atoms with Crippen LogP contribution in [-0.2, 0) is 0 Å². The van der Waals surface area contributed by atoms with Crippen molar-refractivity contribution in [2.45, 2.75) is 38.6 Å². The Kier molecular flexibility index (Phi) is 5.49. The van der Waals surface area contributed by atoms with Crippen LogP contribution in [0.4, 0.5) is 0 Å². The summed E-state index contributed by atoms with van der Waals surface area (Å²) in [6, 6.07) is 0.655. The molecule has 1 nitrogen and oxygen atoms in total. The Morgan fingerprint density at radius 1 is 1.38 bits per heavy atom. The summed E-state index contributed by atoms with van der Waals surface area (Å²) in [5.74, 6) is 1.51. The van der Waals surface area contributed by atoms with Crippen molar-refractivity contribution in [2.24, 2.45) is 5.92 Å². The van der Waals surface area contributed by atoms with E-state index >= 15 is 0 Å². The van der Waals surface area contributed by atoms with Crippen LogP contribution >= 0.6 is 11.6 Å². The standard InChI is InChI=1S/C11H20ClN/c1-2-3-8-13-11-7-5-4-6-10(11)9-12/h2-3,10-11,13H,4-9H2,1H3/b3-2+. The van der Waals surface area contributed by atoms with Gasteiger partial charge in [0.1, 0.15) is 0 Å². The zero-order valence-corrected chi connectivity index (χ0v) is 9.19. The maximum absolute atomic E-state index is 5.93. The molecule has 1 fully saturated rings. The van der Waals surface area contributed by atoms with Gasteiger partial charge in [-0.2, -0.15) is 0 Å². The summed E-state index contributed by atoms with van der Waals surface area (Å²) in [6.07, 6.45) is 9.58. The van der Waals surface area contributed by atoms with E-state index in [9.17, 15) is 0 Å². The van der Waals surface area contributed by atoms with Crippen LogP contribution in [-0.4, -0.2) is 18.5 Å². The quantitative estimate of drug-likeness (QED) is 0.545. The first kappa shape index (κ1) is 11.1. The van der Waals surface area contributed by atoms with Crippen molar-refractivity contribution >= 4 is 11.6 Å². The van der Waals surface area contributed by atoms with Crippen LogP contribution in [0.5, 0.6) is 0 Å². The second kappa shape index (κ2) is 6.44. The predicted octanol–water partition coefficient (Wildman–Crippen LogP) is 2.95. The normalized spacial score (nSPS) is 29.7. The molecule has 0 heterocycles. The zero-order chi connectivity index (χ0) is 9.52. The van der Waals surface area contributed by atoms with Gasteiger partial charge in [-0.05, 0) is 25.7 Å². The molecule has 0 aromatic rings. The smallest absolute Gasteiger partial charge is 0.0266 e. The Bertz CT molecular complexity index is 156. The van der Waals surface area contributed by atoms with Crippen molar-refractivity contribution < 1.29 is 0 Å². The number of rotatable bonds is 4. The minimum atomic E-state index is 0.655. The second-order valence-corrected chi connectivity index (χ2v) is 4.09. The van der Waals surface area contributed by atoms with E-state index < -0.39 is 0 Å². The van der Waals surface area contributed by atoms with Crippen LogP contribution in [0.15, 0.2) is 12.2 Å². The molecule has 1 rings (SSSR count). The maximum atomic E-state index is 5.93. The highest BCUT2D eigenvalue weighted by Crippen LogP contribution is 2.25. The summed E-state index contributed by atoms with van der Waals surface area (Å²) >= 11 is 5.93. The van der Waals surface area contributed by atoms with Gasteiger partial charge in [0.2, 0.25) is 0 Å². The Hall–Kier alpha value is -0.0100. The summed E-state index contributed by atoms with van der Waals surface area (Å²) in [4.78, 5) is 0. The Balaban J connectivity index is 2.27. The third kappa shape index (κ3) is 3.70. The van der Waals surface area contributed by atoms with Crippen molar-refractivity contribution in [2.75, 3.05) is 12.4 Å². The highest BCUT2D eigenvalue weighted by atomic mass is 35.5. The van der Waals surface area contributed by atoms with Gasteiger partial charge < -0.3 is 5.32 Å². The molecule has 0 aromatic heterocycles. The van der Waals surface area contributed by atoms with Gasteiger partial charge in [0.05, 0.1) is 0 Å². The average molecular weight is 202 g/mol. The molecule has 0 amide bonds. The predicted molar refractivity (Wildman–Crippen MR) is 59.3 cm³/mol. The number of hydrogen-bond acceptors (Lipinski definition) is 1.